The highest BCUT2D eigenvalue weighted by Gasteiger charge is 2.41. The molecule has 2 saturated carbocycles. The first-order valence-corrected chi connectivity index (χ1v) is 23.2. The van der Waals surface area contributed by atoms with Gasteiger partial charge in [0.25, 0.3) is 0 Å². The lowest BCUT2D eigenvalue weighted by Crippen LogP contribution is -2.55. The van der Waals surface area contributed by atoms with Crippen LogP contribution < -0.4 is 40.7 Å². The van der Waals surface area contributed by atoms with E-state index in [1.807, 2.05) is 24.3 Å². The highest BCUT2D eigenvalue weighted by Crippen LogP contribution is 2.41. The minimum Gasteiger partial charge on any atom is -0.495 e. The number of aromatic nitrogens is 4. The summed E-state index contributed by atoms with van der Waals surface area (Å²) in [6.07, 6.45) is 13.8. The molecule has 3 amide bonds. The minimum atomic E-state index is -0.487. The van der Waals surface area contributed by atoms with Crippen molar-refractivity contribution < 1.29 is 27.9 Å². The van der Waals surface area contributed by atoms with Crippen molar-refractivity contribution in [3.05, 3.63) is 59.9 Å². The predicted molar refractivity (Wildman–Crippen MR) is 241 cm³/mol. The van der Waals surface area contributed by atoms with Crippen molar-refractivity contribution in [3.63, 3.8) is 0 Å². The number of piperidine rings is 2. The Morgan fingerprint density at radius 1 is 0.906 bits per heavy atom. The quantitative estimate of drug-likeness (QED) is 0.103. The molecule has 1 unspecified atom stereocenters. The van der Waals surface area contributed by atoms with E-state index in [-0.39, 0.29) is 42.0 Å². The Balaban J connectivity index is 0.723. The van der Waals surface area contributed by atoms with E-state index in [1.54, 1.807) is 31.3 Å². The van der Waals surface area contributed by atoms with Gasteiger partial charge in [-0.2, -0.15) is 4.98 Å². The fourth-order valence-corrected chi connectivity index (χ4v) is 10.4. The van der Waals surface area contributed by atoms with Crippen molar-refractivity contribution in [1.29, 1.82) is 0 Å². The molecule has 5 heterocycles. The number of hydrogen-bond acceptors (Lipinski definition) is 14. The number of methoxy groups -OCH3 is 1. The van der Waals surface area contributed by atoms with Gasteiger partial charge < -0.3 is 39.8 Å². The zero-order chi connectivity index (χ0) is 44.3. The second-order valence-electron chi connectivity index (χ2n) is 18.1. The maximum Gasteiger partial charge on any atom is 0.249 e. The van der Waals surface area contributed by atoms with Crippen LogP contribution in [0.15, 0.2) is 47.0 Å². The van der Waals surface area contributed by atoms with E-state index in [2.05, 4.69) is 53.2 Å². The summed E-state index contributed by atoms with van der Waals surface area (Å²) in [7, 11) is 3.41. The van der Waals surface area contributed by atoms with E-state index in [0.717, 1.165) is 101 Å². The first-order chi connectivity index (χ1) is 31.1. The van der Waals surface area contributed by atoms with Crippen LogP contribution in [0.3, 0.4) is 0 Å². The van der Waals surface area contributed by atoms with Crippen LogP contribution in [-0.2, 0) is 20.9 Å². The lowest BCUT2D eigenvalue weighted by Gasteiger charge is -2.43. The van der Waals surface area contributed by atoms with Crippen molar-refractivity contribution >= 4 is 46.5 Å². The number of anilines is 5. The van der Waals surface area contributed by atoms with Crippen LogP contribution in [0.25, 0.3) is 11.5 Å². The molecule has 4 aromatic rings. The third-order valence-corrected chi connectivity index (χ3v) is 14.1. The molecule has 5 aliphatic rings. The summed E-state index contributed by atoms with van der Waals surface area (Å²) in [5, 5.41) is 21.8. The summed E-state index contributed by atoms with van der Waals surface area (Å²) in [5.41, 5.74) is 3.34. The van der Waals surface area contributed by atoms with Crippen LogP contribution in [-0.4, -0.2) is 95.8 Å². The maximum absolute atomic E-state index is 15.2. The number of ether oxygens (including phenoxy) is 1. The molecule has 0 bridgehead atoms. The third-order valence-electron chi connectivity index (χ3n) is 14.1. The molecule has 17 heteroatoms. The Morgan fingerprint density at radius 2 is 1.67 bits per heavy atom. The number of fused-ring (bicyclic) bond motifs is 1. The molecule has 3 aliphatic heterocycles. The summed E-state index contributed by atoms with van der Waals surface area (Å²) in [5.74, 6) is 1.91. The molecule has 2 atom stereocenters. The summed E-state index contributed by atoms with van der Waals surface area (Å²) < 4.78 is 27.1. The smallest absolute Gasteiger partial charge is 0.249 e. The fraction of sp³-hybridized carbons (Fsp3) is 0.553. The molecule has 0 spiro atoms. The number of nitrogens with zero attached hydrogens (tertiary/aromatic N) is 7. The third kappa shape index (κ3) is 9.27. The SMILES string of the molecule is CC[C@@H]1C(=O)N(C)c2cnc(Nc3ccc(-c4nnc(CNC5CCC(NCC6CCN(c7ccc(C8CCC(=O)NC8=O)cc7F)CC6)CC5)o4)cc3OC)nc2N1C1CCCC1. The zero-order valence-electron chi connectivity index (χ0n) is 37.1. The van der Waals surface area contributed by atoms with Crippen molar-refractivity contribution in [2.45, 2.75) is 127 Å². The number of rotatable bonds is 14. The lowest BCUT2D eigenvalue weighted by molar-refractivity contribution is -0.134. The number of amides is 3. The van der Waals surface area contributed by atoms with Gasteiger partial charge in [-0.3, -0.25) is 19.7 Å². The highest BCUT2D eigenvalue weighted by atomic mass is 19.1. The number of benzene rings is 2. The van der Waals surface area contributed by atoms with Crippen molar-refractivity contribution in [1.82, 2.24) is 36.1 Å². The van der Waals surface area contributed by atoms with E-state index < -0.39 is 5.92 Å². The molecule has 2 saturated heterocycles. The predicted octanol–water partition coefficient (Wildman–Crippen LogP) is 6.35. The number of nitrogens with one attached hydrogen (secondary N) is 4. The number of likely N-dealkylation sites (N-methyl/N-ethyl adjacent to an activating group) is 1. The van der Waals surface area contributed by atoms with Gasteiger partial charge in [-0.1, -0.05) is 25.8 Å². The molecule has 0 radical (unpaired) electrons. The Labute approximate surface area is 373 Å². The topological polar surface area (TPSA) is 183 Å². The first kappa shape index (κ1) is 43.6. The maximum atomic E-state index is 15.2. The van der Waals surface area contributed by atoms with Crippen molar-refractivity contribution in [2.24, 2.45) is 5.92 Å². The van der Waals surface area contributed by atoms with E-state index in [4.69, 9.17) is 14.1 Å². The second kappa shape index (κ2) is 19.2. The van der Waals surface area contributed by atoms with Gasteiger partial charge in [0.15, 0.2) is 5.82 Å². The summed E-state index contributed by atoms with van der Waals surface area (Å²) in [6.45, 7) is 5.08. The van der Waals surface area contributed by atoms with Gasteiger partial charge in [-0.05, 0) is 113 Å². The second-order valence-corrected chi connectivity index (χ2v) is 18.1. The van der Waals surface area contributed by atoms with Gasteiger partial charge in [-0.15, -0.1) is 10.2 Å². The number of carbonyl (C=O) groups excluding carboxylic acids is 3. The van der Waals surface area contributed by atoms with E-state index in [0.29, 0.717) is 77.8 Å². The molecular weight excluding hydrogens is 818 g/mol. The summed E-state index contributed by atoms with van der Waals surface area (Å²) >= 11 is 0. The zero-order valence-corrected chi connectivity index (χ0v) is 37.1. The lowest BCUT2D eigenvalue weighted by atomic mass is 9.89. The van der Waals surface area contributed by atoms with Gasteiger partial charge >= 0.3 is 0 Å². The average molecular weight is 878 g/mol. The first-order valence-electron chi connectivity index (χ1n) is 23.2. The molecule has 64 heavy (non-hydrogen) atoms. The van der Waals surface area contributed by atoms with Gasteiger partial charge in [0, 0.05) is 50.2 Å². The Bertz CT molecular complexity index is 2320. The standard InChI is InChI=1S/C47H60FN11O5/c1-4-37-46(62)57(2)39-26-51-47(54-43(39)59(37)33-7-5-6-8-33)52-36-16-9-30(24-40(36)63-3)45-56-55-42(64-45)27-50-32-13-11-31(12-14-32)49-25-28-19-21-58(22-20-28)38-17-10-29(23-35(38)48)34-15-18-41(60)53-44(34)61/h9-10,16-17,23-24,26,28,31-34,37,49-50H,4-8,11-15,18-22,25,27H2,1-3H3,(H,51,52,54)(H,53,60,61)/t31?,32?,34?,37-/m1/s1. The highest BCUT2D eigenvalue weighted by molar-refractivity contribution is 6.04. The molecule has 9 rings (SSSR count). The fourth-order valence-electron chi connectivity index (χ4n) is 10.4. The number of halogens is 1. The molecular formula is C47H60FN11O5. The Hall–Kier alpha value is -5.68. The van der Waals surface area contributed by atoms with Gasteiger partial charge in [-0.25, -0.2) is 9.37 Å². The van der Waals surface area contributed by atoms with Gasteiger partial charge in [0.2, 0.25) is 35.5 Å². The molecule has 16 nitrogen and oxygen atoms in total. The largest absolute Gasteiger partial charge is 0.495 e. The Morgan fingerprint density at radius 3 is 2.39 bits per heavy atom. The van der Waals surface area contributed by atoms with Crippen LogP contribution in [0, 0.1) is 11.7 Å². The molecule has 2 aromatic carbocycles. The van der Waals surface area contributed by atoms with Crippen LogP contribution in [0.5, 0.6) is 5.75 Å². The van der Waals surface area contributed by atoms with Crippen molar-refractivity contribution in [2.75, 3.05) is 53.8 Å². The number of imide groups is 1. The van der Waals surface area contributed by atoms with Gasteiger partial charge in [0.1, 0.15) is 23.3 Å². The average Bonchev–Trinajstić information content (AvgIpc) is 4.03. The van der Waals surface area contributed by atoms with Crippen LogP contribution in [0.2, 0.25) is 0 Å². The summed E-state index contributed by atoms with van der Waals surface area (Å²) in [4.78, 5) is 52.7. The Kier molecular flexibility index (Phi) is 13.1. The normalized spacial score (nSPS) is 23.4. The number of hydrogen-bond donors (Lipinski definition) is 4. The molecule has 2 aromatic heterocycles. The molecule has 4 fully saturated rings. The molecule has 340 valence electrons. The van der Waals surface area contributed by atoms with Crippen molar-refractivity contribution in [3.8, 4) is 17.2 Å². The van der Waals surface area contributed by atoms with E-state index >= 15 is 4.39 Å². The van der Waals surface area contributed by atoms with Crippen LogP contribution >= 0.6 is 0 Å². The van der Waals surface area contributed by atoms with Gasteiger partial charge in [0.05, 0.1) is 37.1 Å². The minimum absolute atomic E-state index is 0.0815. The number of carbonyl (C=O) groups is 3. The molecule has 4 N–H and O–H groups in total. The van der Waals surface area contributed by atoms with Crippen LogP contribution in [0.4, 0.5) is 33.2 Å². The van der Waals surface area contributed by atoms with Crippen LogP contribution in [0.1, 0.15) is 108 Å². The summed E-state index contributed by atoms with van der Waals surface area (Å²) in [6, 6.07) is 11.6. The molecule has 2 aliphatic carbocycles. The monoisotopic (exact) mass is 877 g/mol. The van der Waals surface area contributed by atoms with E-state index in [1.165, 1.54) is 6.07 Å². The van der Waals surface area contributed by atoms with E-state index in [9.17, 15) is 14.4 Å².